The van der Waals surface area contributed by atoms with E-state index in [-0.39, 0.29) is 18.3 Å². The first-order chi connectivity index (χ1) is 10.6. The van der Waals surface area contributed by atoms with Gasteiger partial charge in [0, 0.05) is 19.3 Å². The van der Waals surface area contributed by atoms with E-state index in [2.05, 4.69) is 30.9 Å². The van der Waals surface area contributed by atoms with Gasteiger partial charge in [0.15, 0.2) is 7.23 Å². The van der Waals surface area contributed by atoms with Crippen LogP contribution >= 0.6 is 0 Å². The summed E-state index contributed by atoms with van der Waals surface area (Å²) < 4.78 is 14.8. The van der Waals surface area contributed by atoms with E-state index in [4.69, 9.17) is 6.15 Å². The van der Waals surface area contributed by atoms with E-state index < -0.39 is 5.69 Å². The van der Waals surface area contributed by atoms with Crippen molar-refractivity contribution in [2.75, 3.05) is 0 Å². The van der Waals surface area contributed by atoms with Crippen molar-refractivity contribution in [1.29, 1.82) is 0 Å². The Morgan fingerprint density at radius 2 is 2.29 bits per heavy atom. The molecule has 0 fully saturated rings. The van der Waals surface area contributed by atoms with Gasteiger partial charge in [-0.15, -0.1) is 20.0 Å². The van der Waals surface area contributed by atoms with Gasteiger partial charge in [0.05, 0.1) is 11.3 Å². The van der Waals surface area contributed by atoms with Crippen molar-refractivity contribution in [1.82, 2.24) is 45.4 Å². The second kappa shape index (κ2) is 5.11. The molecule has 0 saturated heterocycles. The molecule has 1 N–H and O–H groups in total. The van der Waals surface area contributed by atoms with Gasteiger partial charge in [-0.25, -0.2) is 4.79 Å². The number of hydrogen-bond donors (Lipinski definition) is 1. The van der Waals surface area contributed by atoms with Gasteiger partial charge in [-0.1, -0.05) is 0 Å². The van der Waals surface area contributed by atoms with Crippen molar-refractivity contribution < 1.29 is 6.15 Å². The van der Waals surface area contributed by atoms with Crippen molar-refractivity contribution in [3.8, 4) is 11.7 Å². The van der Waals surface area contributed by atoms with Crippen LogP contribution in [0.25, 0.3) is 5.82 Å². The Morgan fingerprint density at radius 3 is 2.95 bits per heavy atom. The van der Waals surface area contributed by atoms with Crippen molar-refractivity contribution in [3.63, 3.8) is 0 Å². The zero-order chi connectivity index (χ0) is 15.7. The molecule has 0 aromatic carbocycles. The lowest BCUT2D eigenvalue weighted by Gasteiger charge is -2.08. The summed E-state index contributed by atoms with van der Waals surface area (Å²) in [6.45, 7) is 1.76. The summed E-state index contributed by atoms with van der Waals surface area (Å²) in [5.41, 5.74) is 0.599. The van der Waals surface area contributed by atoms with Crippen LogP contribution in [0.1, 0.15) is 11.3 Å². The summed E-state index contributed by atoms with van der Waals surface area (Å²) in [7, 11) is 1.48. The first kappa shape index (κ1) is 11.7. The van der Waals surface area contributed by atoms with E-state index in [1.165, 1.54) is 13.2 Å². The van der Waals surface area contributed by atoms with E-state index in [0.717, 1.165) is 14.5 Å². The van der Waals surface area contributed by atoms with Crippen LogP contribution in [0.5, 0.6) is 5.88 Å². The molecule has 3 aromatic heterocycles. The van der Waals surface area contributed by atoms with Gasteiger partial charge < -0.3 is 4.74 Å². The van der Waals surface area contributed by atoms with Crippen molar-refractivity contribution in [2.24, 2.45) is 7.05 Å². The Bertz CT molecular complexity index is 867. The first-order valence-electron chi connectivity index (χ1n) is 6.37. The highest BCUT2D eigenvalue weighted by atomic mass is 16.5. The second-order valence-corrected chi connectivity index (χ2v) is 4.13. The van der Waals surface area contributed by atoms with Gasteiger partial charge in [0.2, 0.25) is 5.88 Å². The third-order valence-corrected chi connectivity index (χ3v) is 2.77. The maximum Gasteiger partial charge on any atom is 0.369 e. The summed E-state index contributed by atoms with van der Waals surface area (Å²) in [5, 5.41) is 23.3. The van der Waals surface area contributed by atoms with Crippen LogP contribution in [0.3, 0.4) is 0 Å². The fourth-order valence-electron chi connectivity index (χ4n) is 1.64. The average molecular weight is 291 g/mol. The molecular weight excluding hydrogens is 278 g/mol. The van der Waals surface area contributed by atoms with E-state index in [1.807, 2.05) is 0 Å². The molecule has 3 aromatic rings. The lowest BCUT2D eigenvalue weighted by atomic mass is 10.2. The molecule has 0 amide bonds. The molecule has 11 heteroatoms. The predicted octanol–water partition coefficient (Wildman–Crippen LogP) is -1.24. The van der Waals surface area contributed by atoms with Crippen LogP contribution in [0.2, 0.25) is 1.41 Å². The number of nitrogens with zero attached hydrogens (tertiary/aromatic N) is 8. The fraction of sp³-hybridized carbons (Fsp3) is 0.300. The molecule has 11 nitrogen and oxygen atoms in total. The maximum atomic E-state index is 11.9. The summed E-state index contributed by atoms with van der Waals surface area (Å²) in [6, 6.07) is 1.54. The molecule has 0 unspecified atom stereocenters. The highest BCUT2D eigenvalue weighted by Gasteiger charge is 2.17. The quantitative estimate of drug-likeness (QED) is 0.632. The minimum atomic E-state index is -0.461. The number of tetrazole rings is 1. The fourth-order valence-corrected chi connectivity index (χ4v) is 1.64. The monoisotopic (exact) mass is 291 g/mol. The van der Waals surface area contributed by atoms with Crippen LogP contribution in [-0.4, -0.2) is 45.4 Å². The van der Waals surface area contributed by atoms with Gasteiger partial charge >= 0.3 is 5.69 Å². The molecule has 3 heterocycles. The van der Waals surface area contributed by atoms with Crippen LogP contribution in [-0.2, 0) is 13.7 Å². The summed E-state index contributed by atoms with van der Waals surface area (Å²) in [4.78, 5) is 11.9. The number of aromatic nitrogens is 9. The Morgan fingerprint density at radius 1 is 1.43 bits per heavy atom. The van der Waals surface area contributed by atoms with Gasteiger partial charge in [-0.05, 0) is 22.6 Å². The number of aromatic amines is 1. The molecule has 0 radical (unpaired) electrons. The SMILES string of the molecule is [3H]n1ccc(OCc2c(C)nnnc2-n2nnn(C)c2=O)n1. The molecule has 3 rings (SSSR count). The number of ether oxygens (including phenoxy) is 1. The molecule has 108 valence electrons. The predicted molar refractivity (Wildman–Crippen MR) is 67.6 cm³/mol. The molecule has 0 bridgehead atoms. The van der Waals surface area contributed by atoms with Gasteiger partial charge in [0.25, 0.3) is 0 Å². The smallest absolute Gasteiger partial charge is 0.369 e. The summed E-state index contributed by atoms with van der Waals surface area (Å²) >= 11 is 0. The van der Waals surface area contributed by atoms with Gasteiger partial charge in [-0.2, -0.15) is 4.68 Å². The summed E-state index contributed by atoms with van der Waals surface area (Å²) in [6.07, 6.45) is 1.43. The third kappa shape index (κ3) is 2.35. The van der Waals surface area contributed by atoms with E-state index in [1.54, 1.807) is 13.0 Å². The average Bonchev–Trinajstić information content (AvgIpc) is 3.05. The highest BCUT2D eigenvalue weighted by Crippen LogP contribution is 2.14. The Kier molecular flexibility index (Phi) is 2.85. The number of hydrogen-bond acceptors (Lipinski definition) is 8. The maximum absolute atomic E-state index is 11.9. The zero-order valence-corrected chi connectivity index (χ0v) is 11.2. The van der Waals surface area contributed by atoms with E-state index in [9.17, 15) is 4.79 Å². The Hall–Kier alpha value is -3.11. The number of nitrogens with one attached hydrogen (secondary N) is 1. The minimum absolute atomic E-state index is 0.0454. The lowest BCUT2D eigenvalue weighted by Crippen LogP contribution is -2.25. The molecule has 0 aliphatic heterocycles. The van der Waals surface area contributed by atoms with Crippen LogP contribution in [0.4, 0.5) is 0 Å². The normalized spacial score (nSPS) is 11.4. The first-order valence-corrected chi connectivity index (χ1v) is 5.92. The number of H-pyrrole nitrogens is 1. The van der Waals surface area contributed by atoms with Crippen molar-refractivity contribution in [2.45, 2.75) is 13.5 Å². The van der Waals surface area contributed by atoms with Gasteiger partial charge in [0.1, 0.15) is 6.61 Å². The van der Waals surface area contributed by atoms with E-state index >= 15 is 0 Å². The molecule has 0 aliphatic rings. The number of aryl methyl sites for hydroxylation is 2. The molecule has 0 saturated carbocycles. The zero-order valence-electron chi connectivity index (χ0n) is 12.2. The lowest BCUT2D eigenvalue weighted by molar-refractivity contribution is 0.290. The Balaban J connectivity index is 1.96. The third-order valence-electron chi connectivity index (χ3n) is 2.77. The second-order valence-electron chi connectivity index (χ2n) is 4.13. The standard InChI is InChI=1S/C10H11N9O2/c1-6-7(5-21-8-3-4-11-13-8)9(14-15-12-6)19-10(20)18(2)16-17-19/h3-4H,5H2,1-2H3,(H,11,13)/i/hT. The van der Waals surface area contributed by atoms with Crippen molar-refractivity contribution >= 4 is 0 Å². The molecule has 0 spiro atoms. The van der Waals surface area contributed by atoms with Crippen molar-refractivity contribution in [3.05, 3.63) is 34.0 Å². The largest absolute Gasteiger partial charge is 0.472 e. The van der Waals surface area contributed by atoms with Crippen LogP contribution in [0, 0.1) is 6.92 Å². The molecule has 21 heavy (non-hydrogen) atoms. The molecule has 0 atom stereocenters. The van der Waals surface area contributed by atoms with Crippen LogP contribution < -0.4 is 10.4 Å². The number of rotatable bonds is 4. The van der Waals surface area contributed by atoms with Gasteiger partial charge in [-0.3, -0.25) is 5.09 Å². The Labute approximate surface area is 119 Å². The highest BCUT2D eigenvalue weighted by molar-refractivity contribution is 5.33. The molecular formula is C10H11N9O2. The topological polar surface area (TPSA) is 129 Å². The summed E-state index contributed by atoms with van der Waals surface area (Å²) in [5.74, 6) is 0.458. The van der Waals surface area contributed by atoms with Crippen LogP contribution in [0.15, 0.2) is 17.1 Å². The minimum Gasteiger partial charge on any atom is -0.472 e. The molecule has 0 aliphatic carbocycles. The van der Waals surface area contributed by atoms with E-state index in [0.29, 0.717) is 11.3 Å².